The van der Waals surface area contributed by atoms with Crippen molar-refractivity contribution in [2.45, 2.75) is 34.2 Å². The van der Waals surface area contributed by atoms with Gasteiger partial charge in [0.15, 0.2) is 5.78 Å². The molecule has 0 aliphatic heterocycles. The summed E-state index contributed by atoms with van der Waals surface area (Å²) in [6, 6.07) is 9.47. The molecule has 1 aromatic carbocycles. The van der Waals surface area contributed by atoms with Crippen molar-refractivity contribution in [3.05, 3.63) is 51.8 Å². The number of rotatable bonds is 4. The average molecular weight is 284 g/mol. The molecule has 0 spiro atoms. The molecule has 2 aromatic rings. The molecule has 0 radical (unpaired) electrons. The minimum Gasteiger partial charge on any atom is -0.294 e. The summed E-state index contributed by atoms with van der Waals surface area (Å²) >= 11 is 0. The fourth-order valence-electron chi connectivity index (χ4n) is 2.13. The first-order valence-corrected chi connectivity index (χ1v) is 7.08. The lowest BCUT2D eigenvalue weighted by atomic mass is 10.1. The molecule has 0 saturated carbocycles. The topological polar surface area (TPSA) is 52.0 Å². The number of carbonyl (C=O) groups is 1. The Kier molecular flexibility index (Phi) is 4.36. The fourth-order valence-corrected chi connectivity index (χ4v) is 2.13. The summed E-state index contributed by atoms with van der Waals surface area (Å²) in [5, 5.41) is 4.41. The van der Waals surface area contributed by atoms with E-state index in [9.17, 15) is 9.59 Å². The molecule has 21 heavy (non-hydrogen) atoms. The Balaban J connectivity index is 2.61. The van der Waals surface area contributed by atoms with Crippen molar-refractivity contribution in [1.82, 2.24) is 9.78 Å². The number of ketones is 1. The highest BCUT2D eigenvalue weighted by Crippen LogP contribution is 2.17. The highest BCUT2D eigenvalue weighted by Gasteiger charge is 2.14. The zero-order valence-electron chi connectivity index (χ0n) is 12.9. The number of aryl methyl sites for hydroxylation is 1. The van der Waals surface area contributed by atoms with Crippen molar-refractivity contribution in [1.29, 1.82) is 0 Å². The maximum Gasteiger partial charge on any atom is 0.277 e. The van der Waals surface area contributed by atoms with Crippen LogP contribution in [0.4, 0.5) is 0 Å². The van der Waals surface area contributed by atoms with Gasteiger partial charge in [0.05, 0.1) is 11.3 Å². The smallest absolute Gasteiger partial charge is 0.277 e. The number of Topliss-reactive ketones (excluding diaryl/α,β-unsaturated/α-hetero) is 1. The molecule has 2 rings (SSSR count). The van der Waals surface area contributed by atoms with E-state index < -0.39 is 0 Å². The van der Waals surface area contributed by atoms with Gasteiger partial charge in [0.2, 0.25) is 0 Å². The van der Waals surface area contributed by atoms with Crippen LogP contribution in [0.15, 0.2) is 35.1 Å². The average Bonchev–Trinajstić information content (AvgIpc) is 2.41. The van der Waals surface area contributed by atoms with Gasteiger partial charge in [-0.1, -0.05) is 43.7 Å². The molecule has 0 fully saturated rings. The lowest BCUT2D eigenvalue weighted by molar-refractivity contribution is 0.101. The van der Waals surface area contributed by atoms with Crippen molar-refractivity contribution in [2.24, 2.45) is 5.92 Å². The molecule has 1 aromatic heterocycles. The van der Waals surface area contributed by atoms with Gasteiger partial charge >= 0.3 is 0 Å². The molecule has 0 atom stereocenters. The highest BCUT2D eigenvalue weighted by molar-refractivity contribution is 5.94. The summed E-state index contributed by atoms with van der Waals surface area (Å²) in [6.45, 7) is 7.95. The van der Waals surface area contributed by atoms with Gasteiger partial charge in [0.1, 0.15) is 0 Å². The molecule has 0 aliphatic rings. The second-order valence-electron chi connectivity index (χ2n) is 5.75. The van der Waals surface area contributed by atoms with Crippen LogP contribution in [0.2, 0.25) is 0 Å². The normalized spacial score (nSPS) is 10.9. The molecule has 0 amide bonds. The van der Waals surface area contributed by atoms with Crippen molar-refractivity contribution < 1.29 is 4.79 Å². The third-order valence-electron chi connectivity index (χ3n) is 3.24. The zero-order chi connectivity index (χ0) is 15.6. The Morgan fingerprint density at radius 2 is 1.86 bits per heavy atom. The quantitative estimate of drug-likeness (QED) is 0.811. The van der Waals surface area contributed by atoms with Gasteiger partial charge in [-0.15, -0.1) is 0 Å². The van der Waals surface area contributed by atoms with E-state index in [-0.39, 0.29) is 22.8 Å². The lowest BCUT2D eigenvalue weighted by Gasteiger charge is -2.11. The van der Waals surface area contributed by atoms with Crippen LogP contribution in [0.1, 0.15) is 36.7 Å². The molecule has 0 N–H and O–H groups in total. The number of carbonyl (C=O) groups excluding carboxylic acids is 1. The summed E-state index contributed by atoms with van der Waals surface area (Å²) in [6.07, 6.45) is 0. The van der Waals surface area contributed by atoms with E-state index in [2.05, 4.69) is 5.10 Å². The lowest BCUT2D eigenvalue weighted by Crippen LogP contribution is -2.29. The summed E-state index contributed by atoms with van der Waals surface area (Å²) in [5.74, 6) is 0.0524. The van der Waals surface area contributed by atoms with E-state index in [0.29, 0.717) is 12.2 Å². The van der Waals surface area contributed by atoms with Crippen LogP contribution in [-0.4, -0.2) is 15.6 Å². The number of hydrogen-bond acceptors (Lipinski definition) is 3. The number of aromatic nitrogens is 2. The SMILES string of the molecule is CC(=O)c1cc(-c2ccc(C)cc2)nn(CC(C)C)c1=O. The van der Waals surface area contributed by atoms with Crippen molar-refractivity contribution in [3.63, 3.8) is 0 Å². The number of nitrogens with zero attached hydrogens (tertiary/aromatic N) is 2. The van der Waals surface area contributed by atoms with Crippen LogP contribution in [0.3, 0.4) is 0 Å². The molecule has 0 unspecified atom stereocenters. The van der Waals surface area contributed by atoms with Gasteiger partial charge in [0, 0.05) is 12.1 Å². The first kappa shape index (κ1) is 15.2. The molecule has 0 aliphatic carbocycles. The third kappa shape index (κ3) is 3.45. The van der Waals surface area contributed by atoms with Gasteiger partial charge in [-0.3, -0.25) is 9.59 Å². The molecule has 4 heteroatoms. The molecule has 0 saturated heterocycles. The van der Waals surface area contributed by atoms with Crippen LogP contribution in [0, 0.1) is 12.8 Å². The van der Waals surface area contributed by atoms with Gasteiger partial charge < -0.3 is 0 Å². The van der Waals surface area contributed by atoms with E-state index in [1.54, 1.807) is 6.07 Å². The first-order chi connectivity index (χ1) is 9.88. The van der Waals surface area contributed by atoms with Gasteiger partial charge in [-0.25, -0.2) is 4.68 Å². The maximum atomic E-state index is 12.3. The summed E-state index contributed by atoms with van der Waals surface area (Å²) in [4.78, 5) is 24.0. The van der Waals surface area contributed by atoms with Gasteiger partial charge in [-0.2, -0.15) is 5.10 Å². The Bertz CT molecular complexity index is 713. The van der Waals surface area contributed by atoms with Crippen LogP contribution in [0.25, 0.3) is 11.3 Å². The Morgan fingerprint density at radius 3 is 2.38 bits per heavy atom. The second kappa shape index (κ2) is 6.04. The standard InChI is InChI=1S/C17H20N2O2/c1-11(2)10-19-17(21)15(13(4)20)9-16(18-19)14-7-5-12(3)6-8-14/h5-9,11H,10H2,1-4H3. The van der Waals surface area contributed by atoms with Crippen molar-refractivity contribution >= 4 is 5.78 Å². The Morgan fingerprint density at radius 1 is 1.24 bits per heavy atom. The number of hydrogen-bond donors (Lipinski definition) is 0. The van der Waals surface area contributed by atoms with E-state index >= 15 is 0 Å². The largest absolute Gasteiger partial charge is 0.294 e. The predicted molar refractivity (Wildman–Crippen MR) is 83.5 cm³/mol. The Labute approximate surface area is 124 Å². The van der Waals surface area contributed by atoms with E-state index in [0.717, 1.165) is 11.1 Å². The van der Waals surface area contributed by atoms with E-state index in [4.69, 9.17) is 0 Å². The minimum absolute atomic E-state index is 0.196. The molecule has 1 heterocycles. The molecule has 110 valence electrons. The Hall–Kier alpha value is -2.23. The summed E-state index contributed by atoms with van der Waals surface area (Å²) in [7, 11) is 0. The molecule has 4 nitrogen and oxygen atoms in total. The first-order valence-electron chi connectivity index (χ1n) is 7.08. The van der Waals surface area contributed by atoms with E-state index in [1.165, 1.54) is 11.6 Å². The monoisotopic (exact) mass is 284 g/mol. The summed E-state index contributed by atoms with van der Waals surface area (Å²) in [5.41, 5.74) is 2.59. The fraction of sp³-hybridized carbons (Fsp3) is 0.353. The minimum atomic E-state index is -0.313. The second-order valence-corrected chi connectivity index (χ2v) is 5.75. The summed E-state index contributed by atoms with van der Waals surface area (Å²) < 4.78 is 1.40. The van der Waals surface area contributed by atoms with Crippen LogP contribution in [0.5, 0.6) is 0 Å². The highest BCUT2D eigenvalue weighted by atomic mass is 16.1. The number of benzene rings is 1. The van der Waals surface area contributed by atoms with Crippen LogP contribution >= 0.6 is 0 Å². The van der Waals surface area contributed by atoms with Crippen molar-refractivity contribution in [2.75, 3.05) is 0 Å². The molecular weight excluding hydrogens is 264 g/mol. The van der Waals surface area contributed by atoms with Crippen molar-refractivity contribution in [3.8, 4) is 11.3 Å². The van der Waals surface area contributed by atoms with Gasteiger partial charge in [-0.05, 0) is 25.8 Å². The molecular formula is C17H20N2O2. The van der Waals surface area contributed by atoms with E-state index in [1.807, 2.05) is 45.0 Å². The predicted octanol–water partition coefficient (Wildman–Crippen LogP) is 3.08. The maximum absolute atomic E-state index is 12.3. The van der Waals surface area contributed by atoms with Crippen LogP contribution in [-0.2, 0) is 6.54 Å². The van der Waals surface area contributed by atoms with Crippen LogP contribution < -0.4 is 5.56 Å². The van der Waals surface area contributed by atoms with Gasteiger partial charge in [0.25, 0.3) is 5.56 Å². The third-order valence-corrected chi connectivity index (χ3v) is 3.24. The zero-order valence-corrected chi connectivity index (χ0v) is 12.9. The molecule has 0 bridgehead atoms.